The zero-order valence-electron chi connectivity index (χ0n) is 13.9. The van der Waals surface area contributed by atoms with Gasteiger partial charge in [0, 0.05) is 22.1 Å². The van der Waals surface area contributed by atoms with Gasteiger partial charge in [-0.1, -0.05) is 44.1 Å². The Morgan fingerprint density at radius 1 is 1.39 bits per heavy atom. The largest absolute Gasteiger partial charge is 0.303 e. The molecule has 98 valence electrons. The SMILES string of the molecule is [2H]C([2H])([2H])C1CCN(CC(C)C(=O)c2ccccc2)CC1. The van der Waals surface area contributed by atoms with Gasteiger partial charge in [-0.15, -0.1) is 0 Å². The second-order valence-corrected chi connectivity index (χ2v) is 5.21. The lowest BCUT2D eigenvalue weighted by Gasteiger charge is -2.31. The second kappa shape index (κ2) is 6.14. The third-order valence-corrected chi connectivity index (χ3v) is 3.63. The summed E-state index contributed by atoms with van der Waals surface area (Å²) in [5.74, 6) is -0.0841. The van der Waals surface area contributed by atoms with Crippen LogP contribution in [0.1, 0.15) is 41.1 Å². The van der Waals surface area contributed by atoms with Crippen LogP contribution in [0.25, 0.3) is 0 Å². The number of rotatable bonds is 4. The molecule has 0 spiro atoms. The van der Waals surface area contributed by atoms with Gasteiger partial charge in [0.25, 0.3) is 0 Å². The van der Waals surface area contributed by atoms with E-state index in [0.717, 1.165) is 18.7 Å². The lowest BCUT2D eigenvalue weighted by Crippen LogP contribution is -2.37. The number of hydrogen-bond donors (Lipinski definition) is 0. The summed E-state index contributed by atoms with van der Waals surface area (Å²) in [7, 11) is 0. The zero-order chi connectivity index (χ0) is 15.5. The molecule has 18 heavy (non-hydrogen) atoms. The molecular weight excluding hydrogens is 222 g/mol. The van der Waals surface area contributed by atoms with Crippen molar-refractivity contribution in [2.45, 2.75) is 26.6 Å². The number of Topliss-reactive ketones (excluding diaryl/α,β-unsaturated/α-hetero) is 1. The molecule has 2 heteroatoms. The highest BCUT2D eigenvalue weighted by atomic mass is 16.1. The molecule has 0 bridgehead atoms. The van der Waals surface area contributed by atoms with E-state index in [1.165, 1.54) is 0 Å². The quantitative estimate of drug-likeness (QED) is 0.762. The average Bonchev–Trinajstić information content (AvgIpc) is 2.47. The Hall–Kier alpha value is -1.15. The van der Waals surface area contributed by atoms with Crippen molar-refractivity contribution >= 4 is 5.78 Å². The van der Waals surface area contributed by atoms with Crippen LogP contribution in [-0.2, 0) is 0 Å². The van der Waals surface area contributed by atoms with Crippen molar-refractivity contribution in [1.82, 2.24) is 4.90 Å². The second-order valence-electron chi connectivity index (χ2n) is 5.21. The maximum Gasteiger partial charge on any atom is 0.166 e. The molecule has 2 rings (SSSR count). The summed E-state index contributed by atoms with van der Waals surface area (Å²) in [4.78, 5) is 14.5. The summed E-state index contributed by atoms with van der Waals surface area (Å²) in [5, 5.41) is 0. The van der Waals surface area contributed by atoms with E-state index in [9.17, 15) is 4.79 Å². The van der Waals surface area contributed by atoms with Gasteiger partial charge in [0.1, 0.15) is 0 Å². The Morgan fingerprint density at radius 3 is 2.67 bits per heavy atom. The first kappa shape index (κ1) is 9.74. The van der Waals surface area contributed by atoms with Gasteiger partial charge < -0.3 is 4.90 Å². The first-order valence-corrected chi connectivity index (χ1v) is 6.69. The Morgan fingerprint density at radius 2 is 2.06 bits per heavy atom. The fourth-order valence-electron chi connectivity index (χ4n) is 2.47. The molecule has 2 nitrogen and oxygen atoms in total. The van der Waals surface area contributed by atoms with Gasteiger partial charge >= 0.3 is 0 Å². The van der Waals surface area contributed by atoms with Gasteiger partial charge in [0.05, 0.1) is 0 Å². The molecule has 1 heterocycles. The fourth-order valence-corrected chi connectivity index (χ4v) is 2.47. The van der Waals surface area contributed by atoms with Gasteiger partial charge in [0.2, 0.25) is 0 Å². The van der Waals surface area contributed by atoms with E-state index < -0.39 is 6.85 Å². The Balaban J connectivity index is 1.85. The van der Waals surface area contributed by atoms with E-state index in [0.29, 0.717) is 19.4 Å². The smallest absolute Gasteiger partial charge is 0.166 e. The van der Waals surface area contributed by atoms with Gasteiger partial charge in [-0.3, -0.25) is 4.79 Å². The molecule has 0 N–H and O–H groups in total. The summed E-state index contributed by atoms with van der Waals surface area (Å²) >= 11 is 0. The Bertz CT molecular complexity index is 464. The molecule has 1 aliphatic heterocycles. The van der Waals surface area contributed by atoms with Crippen LogP contribution >= 0.6 is 0 Å². The van der Waals surface area contributed by atoms with Gasteiger partial charge in [0.15, 0.2) is 5.78 Å². The summed E-state index contributed by atoms with van der Waals surface area (Å²) < 4.78 is 22.4. The number of hydrogen-bond acceptors (Lipinski definition) is 2. The highest BCUT2D eigenvalue weighted by Crippen LogP contribution is 2.18. The highest BCUT2D eigenvalue weighted by Gasteiger charge is 2.21. The number of benzene rings is 1. The topological polar surface area (TPSA) is 20.3 Å². The molecule has 0 aliphatic carbocycles. The minimum absolute atomic E-state index is 0.0586. The van der Waals surface area contributed by atoms with Crippen LogP contribution in [0.15, 0.2) is 30.3 Å². The zero-order valence-corrected chi connectivity index (χ0v) is 10.9. The average molecular weight is 248 g/mol. The van der Waals surface area contributed by atoms with Crippen LogP contribution in [0.2, 0.25) is 0 Å². The number of piperidine rings is 1. The molecular formula is C16H23NO. The number of carbonyl (C=O) groups is 1. The van der Waals surface area contributed by atoms with E-state index in [1.54, 1.807) is 0 Å². The van der Waals surface area contributed by atoms with Crippen molar-refractivity contribution in [3.05, 3.63) is 35.9 Å². The predicted molar refractivity (Wildman–Crippen MR) is 74.8 cm³/mol. The number of likely N-dealkylation sites (tertiary alicyclic amines) is 1. The van der Waals surface area contributed by atoms with Crippen LogP contribution in [0, 0.1) is 11.8 Å². The van der Waals surface area contributed by atoms with Crippen molar-refractivity contribution in [2.75, 3.05) is 19.6 Å². The van der Waals surface area contributed by atoms with Crippen molar-refractivity contribution in [2.24, 2.45) is 11.8 Å². The van der Waals surface area contributed by atoms with E-state index >= 15 is 0 Å². The fraction of sp³-hybridized carbons (Fsp3) is 0.562. The number of ketones is 1. The van der Waals surface area contributed by atoms with E-state index in [4.69, 9.17) is 4.11 Å². The van der Waals surface area contributed by atoms with Crippen LogP contribution in [0.4, 0.5) is 0 Å². The van der Waals surface area contributed by atoms with Gasteiger partial charge in [-0.2, -0.15) is 0 Å². The molecule has 0 aromatic heterocycles. The van der Waals surface area contributed by atoms with Crippen molar-refractivity contribution < 1.29 is 8.91 Å². The maximum absolute atomic E-state index is 12.3. The normalized spacial score (nSPS) is 22.8. The van der Waals surface area contributed by atoms with Crippen LogP contribution in [-0.4, -0.2) is 30.3 Å². The molecule has 1 saturated heterocycles. The van der Waals surface area contributed by atoms with E-state index in [-0.39, 0.29) is 17.6 Å². The molecule has 0 saturated carbocycles. The van der Waals surface area contributed by atoms with Crippen LogP contribution in [0.3, 0.4) is 0 Å². The number of nitrogens with zero attached hydrogens (tertiary/aromatic N) is 1. The Kier molecular flexibility index (Phi) is 3.32. The first-order valence-electron chi connectivity index (χ1n) is 8.19. The van der Waals surface area contributed by atoms with Crippen molar-refractivity contribution in [1.29, 1.82) is 0 Å². The summed E-state index contributed by atoms with van der Waals surface area (Å²) in [6.07, 6.45) is 1.39. The summed E-state index contributed by atoms with van der Waals surface area (Å²) in [6, 6.07) is 9.35. The third kappa shape index (κ3) is 3.42. The monoisotopic (exact) mass is 248 g/mol. The van der Waals surface area contributed by atoms with Gasteiger partial charge in [-0.25, -0.2) is 0 Å². The maximum atomic E-state index is 12.3. The predicted octanol–water partition coefficient (Wildman–Crippen LogP) is 3.24. The lowest BCUT2D eigenvalue weighted by atomic mass is 9.95. The highest BCUT2D eigenvalue weighted by molar-refractivity contribution is 5.97. The Labute approximate surface area is 114 Å². The van der Waals surface area contributed by atoms with Crippen molar-refractivity contribution in [3.8, 4) is 0 Å². The van der Waals surface area contributed by atoms with Crippen LogP contribution in [0.5, 0.6) is 0 Å². The molecule has 1 unspecified atom stereocenters. The summed E-state index contributed by atoms with van der Waals surface area (Å²) in [5.41, 5.74) is 0.752. The molecule has 1 atom stereocenters. The molecule has 1 aliphatic rings. The molecule has 1 fully saturated rings. The summed E-state index contributed by atoms with van der Waals surface area (Å²) in [6.45, 7) is 2.37. The minimum Gasteiger partial charge on any atom is -0.303 e. The van der Waals surface area contributed by atoms with Crippen LogP contribution < -0.4 is 0 Å². The minimum atomic E-state index is -1.84. The van der Waals surface area contributed by atoms with Gasteiger partial charge in [-0.05, 0) is 31.8 Å². The van der Waals surface area contributed by atoms with E-state index in [1.807, 2.05) is 37.3 Å². The van der Waals surface area contributed by atoms with Crippen molar-refractivity contribution in [3.63, 3.8) is 0 Å². The molecule has 1 aromatic rings. The standard InChI is InChI=1S/C16H23NO/c1-13-8-10-17(11-9-13)12-14(2)16(18)15-6-4-3-5-7-15/h3-7,13-14H,8-12H2,1-2H3/i1D3. The first-order chi connectivity index (χ1) is 9.88. The van der Waals surface area contributed by atoms with E-state index in [2.05, 4.69) is 4.90 Å². The number of carbonyl (C=O) groups excluding carboxylic acids is 1. The third-order valence-electron chi connectivity index (χ3n) is 3.63. The molecule has 0 amide bonds. The lowest BCUT2D eigenvalue weighted by molar-refractivity contribution is 0.0873. The molecule has 1 aromatic carbocycles. The molecule has 0 radical (unpaired) electrons.